The van der Waals surface area contributed by atoms with Gasteiger partial charge < -0.3 is 20.9 Å². The summed E-state index contributed by atoms with van der Waals surface area (Å²) < 4.78 is 40.5. The Balaban J connectivity index is 0.00000312. The minimum atomic E-state index is -4.74. The SMILES string of the molecule is I.NC(=NCC(O)c1ccc(Cl)s1)Nc1ccc(OC(F)(F)F)cc1. The summed E-state index contributed by atoms with van der Waals surface area (Å²) in [6.07, 6.45) is -5.58. The number of nitrogens with one attached hydrogen (secondary N) is 1. The van der Waals surface area contributed by atoms with E-state index in [0.29, 0.717) is 14.9 Å². The summed E-state index contributed by atoms with van der Waals surface area (Å²) >= 11 is 7.02. The number of rotatable bonds is 5. The fraction of sp³-hybridized carbons (Fsp3) is 0.214. The number of benzene rings is 1. The number of anilines is 1. The number of aliphatic hydroxyl groups excluding tert-OH is 1. The molecule has 1 heterocycles. The van der Waals surface area contributed by atoms with E-state index in [1.165, 1.54) is 23.5 Å². The predicted molar refractivity (Wildman–Crippen MR) is 103 cm³/mol. The maximum absolute atomic E-state index is 12.1. The Bertz CT molecular complexity index is 710. The third-order valence-electron chi connectivity index (χ3n) is 2.72. The minimum Gasteiger partial charge on any atom is -0.406 e. The highest BCUT2D eigenvalue weighted by atomic mass is 127. The molecule has 11 heteroatoms. The van der Waals surface area contributed by atoms with Crippen LogP contribution >= 0.6 is 46.9 Å². The molecule has 1 atom stereocenters. The molecular weight excluding hydrogens is 494 g/mol. The van der Waals surface area contributed by atoms with E-state index < -0.39 is 12.5 Å². The summed E-state index contributed by atoms with van der Waals surface area (Å²) in [4.78, 5) is 4.63. The fourth-order valence-corrected chi connectivity index (χ4v) is 2.75. The van der Waals surface area contributed by atoms with Crippen LogP contribution in [0, 0.1) is 0 Å². The topological polar surface area (TPSA) is 79.9 Å². The van der Waals surface area contributed by atoms with Crippen molar-refractivity contribution in [1.82, 2.24) is 0 Å². The van der Waals surface area contributed by atoms with E-state index in [0.717, 1.165) is 12.1 Å². The molecule has 0 saturated carbocycles. The molecule has 0 radical (unpaired) electrons. The third-order valence-corrected chi connectivity index (χ3v) is 4.05. The molecular formula is C14H14ClF3IN3O2S. The van der Waals surface area contributed by atoms with Gasteiger partial charge in [-0.25, -0.2) is 0 Å². The van der Waals surface area contributed by atoms with Gasteiger partial charge in [0.2, 0.25) is 0 Å². The number of aliphatic hydroxyl groups is 1. The van der Waals surface area contributed by atoms with Crippen molar-refractivity contribution in [2.45, 2.75) is 12.5 Å². The molecule has 25 heavy (non-hydrogen) atoms. The fourth-order valence-electron chi connectivity index (χ4n) is 1.71. The first kappa shape index (κ1) is 21.8. The molecule has 0 aliphatic rings. The van der Waals surface area contributed by atoms with Crippen molar-refractivity contribution in [3.8, 4) is 5.75 Å². The van der Waals surface area contributed by atoms with Crippen LogP contribution in [0.4, 0.5) is 18.9 Å². The molecule has 1 aromatic carbocycles. The van der Waals surface area contributed by atoms with Crippen LogP contribution in [0.1, 0.15) is 11.0 Å². The molecule has 0 fully saturated rings. The standard InChI is InChI=1S/C14H13ClF3N3O2S.HI/c15-12-6-5-11(24-12)10(22)7-20-13(19)21-8-1-3-9(4-2-8)23-14(16,17)18;/h1-6,10,22H,7H2,(H3,19,20,21);1H. The zero-order valence-corrected chi connectivity index (χ0v) is 16.4. The molecule has 0 aliphatic carbocycles. The van der Waals surface area contributed by atoms with Gasteiger partial charge in [0.25, 0.3) is 0 Å². The zero-order valence-electron chi connectivity index (χ0n) is 12.5. The number of aliphatic imine (C=N–C) groups is 1. The number of hydrogen-bond acceptors (Lipinski definition) is 4. The monoisotopic (exact) mass is 507 g/mol. The van der Waals surface area contributed by atoms with Crippen LogP contribution in [0.25, 0.3) is 0 Å². The lowest BCUT2D eigenvalue weighted by molar-refractivity contribution is -0.274. The maximum Gasteiger partial charge on any atom is 0.573 e. The third kappa shape index (κ3) is 7.67. The average Bonchev–Trinajstić information content (AvgIpc) is 2.92. The second-order valence-electron chi connectivity index (χ2n) is 4.58. The van der Waals surface area contributed by atoms with E-state index in [4.69, 9.17) is 17.3 Å². The molecule has 0 aliphatic heterocycles. The Morgan fingerprint density at radius 3 is 2.44 bits per heavy atom. The first-order valence-electron chi connectivity index (χ1n) is 6.59. The summed E-state index contributed by atoms with van der Waals surface area (Å²) in [7, 11) is 0. The van der Waals surface area contributed by atoms with Crippen molar-refractivity contribution >= 4 is 58.6 Å². The van der Waals surface area contributed by atoms with Gasteiger partial charge in [0.05, 0.1) is 10.9 Å². The molecule has 5 nitrogen and oxygen atoms in total. The van der Waals surface area contributed by atoms with Gasteiger partial charge >= 0.3 is 6.36 Å². The Labute approximate surface area is 167 Å². The Morgan fingerprint density at radius 2 is 1.92 bits per heavy atom. The second-order valence-corrected chi connectivity index (χ2v) is 6.33. The molecule has 0 saturated heterocycles. The highest BCUT2D eigenvalue weighted by Gasteiger charge is 2.30. The first-order chi connectivity index (χ1) is 11.2. The molecule has 2 rings (SSSR count). The normalized spacial score (nSPS) is 13.1. The van der Waals surface area contributed by atoms with Crippen molar-refractivity contribution < 1.29 is 23.0 Å². The van der Waals surface area contributed by atoms with E-state index in [9.17, 15) is 18.3 Å². The molecule has 2 aromatic rings. The van der Waals surface area contributed by atoms with E-state index in [2.05, 4.69) is 15.0 Å². The number of guanidine groups is 1. The summed E-state index contributed by atoms with van der Waals surface area (Å²) in [6, 6.07) is 8.37. The molecule has 1 unspecified atom stereocenters. The van der Waals surface area contributed by atoms with Gasteiger partial charge in [-0.05, 0) is 36.4 Å². The number of alkyl halides is 3. The Morgan fingerprint density at radius 1 is 1.28 bits per heavy atom. The smallest absolute Gasteiger partial charge is 0.406 e. The molecule has 4 N–H and O–H groups in total. The van der Waals surface area contributed by atoms with Gasteiger partial charge in [-0.15, -0.1) is 48.5 Å². The summed E-state index contributed by atoms with van der Waals surface area (Å²) in [5, 5.41) is 12.6. The molecule has 0 bridgehead atoms. The van der Waals surface area contributed by atoms with E-state index >= 15 is 0 Å². The Kier molecular flexibility index (Phi) is 8.25. The van der Waals surface area contributed by atoms with Gasteiger partial charge in [0, 0.05) is 10.6 Å². The van der Waals surface area contributed by atoms with Crippen molar-refractivity contribution in [1.29, 1.82) is 0 Å². The summed E-state index contributed by atoms with van der Waals surface area (Å²) in [5.41, 5.74) is 6.10. The number of ether oxygens (including phenoxy) is 1. The van der Waals surface area contributed by atoms with Gasteiger partial charge in [-0.2, -0.15) is 0 Å². The van der Waals surface area contributed by atoms with E-state index in [1.54, 1.807) is 12.1 Å². The number of nitrogens with two attached hydrogens (primary N) is 1. The quantitative estimate of drug-likeness (QED) is 0.319. The van der Waals surface area contributed by atoms with Crippen LogP contribution in [0.15, 0.2) is 41.4 Å². The van der Waals surface area contributed by atoms with Crippen LogP contribution in [-0.2, 0) is 0 Å². The van der Waals surface area contributed by atoms with Crippen LogP contribution in [0.2, 0.25) is 4.34 Å². The predicted octanol–water partition coefficient (Wildman–Crippen LogP) is 4.38. The van der Waals surface area contributed by atoms with Gasteiger partial charge in [-0.1, -0.05) is 11.6 Å². The lowest BCUT2D eigenvalue weighted by Gasteiger charge is -2.10. The van der Waals surface area contributed by atoms with Gasteiger partial charge in [0.1, 0.15) is 11.9 Å². The van der Waals surface area contributed by atoms with Crippen LogP contribution < -0.4 is 15.8 Å². The van der Waals surface area contributed by atoms with Crippen LogP contribution in [-0.4, -0.2) is 24.0 Å². The zero-order chi connectivity index (χ0) is 17.7. The molecule has 0 amide bonds. The number of halogens is 5. The minimum absolute atomic E-state index is 0. The highest BCUT2D eigenvalue weighted by Crippen LogP contribution is 2.27. The maximum atomic E-state index is 12.1. The van der Waals surface area contributed by atoms with Gasteiger partial charge in [0.15, 0.2) is 5.96 Å². The van der Waals surface area contributed by atoms with Crippen molar-refractivity contribution in [3.63, 3.8) is 0 Å². The highest BCUT2D eigenvalue weighted by molar-refractivity contribution is 14.0. The number of hydrogen-bond donors (Lipinski definition) is 3. The first-order valence-corrected chi connectivity index (χ1v) is 7.78. The largest absolute Gasteiger partial charge is 0.573 e. The van der Waals surface area contributed by atoms with Crippen LogP contribution in [0.5, 0.6) is 5.75 Å². The average molecular weight is 508 g/mol. The van der Waals surface area contributed by atoms with E-state index in [-0.39, 0.29) is 42.2 Å². The van der Waals surface area contributed by atoms with Crippen LogP contribution in [0.3, 0.4) is 0 Å². The van der Waals surface area contributed by atoms with Crippen molar-refractivity contribution in [3.05, 3.63) is 45.6 Å². The number of nitrogens with zero attached hydrogens (tertiary/aromatic N) is 1. The lowest BCUT2D eigenvalue weighted by Crippen LogP contribution is -2.23. The summed E-state index contributed by atoms with van der Waals surface area (Å²) in [5.74, 6) is -0.324. The molecule has 1 aromatic heterocycles. The van der Waals surface area contributed by atoms with E-state index in [1.807, 2.05) is 0 Å². The lowest BCUT2D eigenvalue weighted by atomic mass is 10.3. The second kappa shape index (κ2) is 9.46. The molecule has 0 spiro atoms. The summed E-state index contributed by atoms with van der Waals surface area (Å²) in [6.45, 7) is 0.0188. The molecule has 138 valence electrons. The van der Waals surface area contributed by atoms with Crippen molar-refractivity contribution in [2.24, 2.45) is 10.7 Å². The van der Waals surface area contributed by atoms with Gasteiger partial charge in [-0.3, -0.25) is 4.99 Å². The number of thiophene rings is 1. The Hall–Kier alpha value is -1.24. The van der Waals surface area contributed by atoms with Crippen molar-refractivity contribution in [2.75, 3.05) is 11.9 Å².